The Kier molecular flexibility index (Phi) is 5.97. The summed E-state index contributed by atoms with van der Waals surface area (Å²) in [5, 5.41) is 7.68. The van der Waals surface area contributed by atoms with E-state index in [4.69, 9.17) is 11.6 Å². The van der Waals surface area contributed by atoms with Crippen LogP contribution in [0.25, 0.3) is 16.9 Å². The number of hydrogen-bond donors (Lipinski definition) is 2. The van der Waals surface area contributed by atoms with Crippen molar-refractivity contribution in [2.45, 2.75) is 4.90 Å². The average Bonchev–Trinajstić information content (AvgIpc) is 3.24. The molecule has 1 aromatic heterocycles. The van der Waals surface area contributed by atoms with Crippen LogP contribution in [0.5, 0.6) is 0 Å². The van der Waals surface area contributed by atoms with Gasteiger partial charge in [-0.15, -0.1) is 0 Å². The predicted octanol–water partition coefficient (Wildman–Crippen LogP) is 3.96. The number of amides is 1. The van der Waals surface area contributed by atoms with Gasteiger partial charge >= 0.3 is 0 Å². The summed E-state index contributed by atoms with van der Waals surface area (Å²) >= 11 is 6.21. The molecule has 37 heavy (non-hydrogen) atoms. The van der Waals surface area contributed by atoms with Crippen LogP contribution >= 0.6 is 11.6 Å². The molecule has 0 spiro atoms. The van der Waals surface area contributed by atoms with E-state index in [-0.39, 0.29) is 16.3 Å². The molecule has 4 aromatic rings. The highest BCUT2D eigenvalue weighted by Gasteiger charge is 2.39. The number of anilines is 3. The second-order valence-electron chi connectivity index (χ2n) is 8.31. The summed E-state index contributed by atoms with van der Waals surface area (Å²) in [5.74, 6) is -0.651. The minimum absolute atomic E-state index is 0.0918. The Labute approximate surface area is 218 Å². The van der Waals surface area contributed by atoms with Crippen LogP contribution in [-0.2, 0) is 20.0 Å². The van der Waals surface area contributed by atoms with E-state index in [2.05, 4.69) is 15.1 Å². The molecule has 3 aromatic carbocycles. The Hall–Kier alpha value is -3.87. The van der Waals surface area contributed by atoms with E-state index in [1.807, 2.05) is 0 Å². The number of fused-ring (bicyclic) bond motifs is 3. The van der Waals surface area contributed by atoms with Gasteiger partial charge in [0.05, 0.1) is 16.8 Å². The molecule has 10 nitrogen and oxygen atoms in total. The van der Waals surface area contributed by atoms with Crippen molar-refractivity contribution < 1.29 is 21.6 Å². The summed E-state index contributed by atoms with van der Waals surface area (Å²) in [7, 11) is -6.04. The van der Waals surface area contributed by atoms with Gasteiger partial charge < -0.3 is 5.32 Å². The van der Waals surface area contributed by atoms with Crippen molar-refractivity contribution in [2.75, 3.05) is 27.6 Å². The molecule has 2 N–H and O–H groups in total. The SMILES string of the molecule is CN1c2c(C(=O)Nc3ccc(NS(C)(=O)=O)cc3)nn(-c3cccc(Cl)c3)c2-c2ccccc2S1(=O)=O. The predicted molar refractivity (Wildman–Crippen MR) is 142 cm³/mol. The van der Waals surface area contributed by atoms with E-state index in [1.165, 1.54) is 42.1 Å². The Morgan fingerprint density at radius 3 is 2.32 bits per heavy atom. The van der Waals surface area contributed by atoms with Crippen LogP contribution in [0.1, 0.15) is 10.5 Å². The second-order valence-corrected chi connectivity index (χ2v) is 12.4. The Bertz CT molecular complexity index is 1770. The van der Waals surface area contributed by atoms with Gasteiger partial charge in [0.1, 0.15) is 11.4 Å². The number of carbonyl (C=O) groups excluding carboxylic acids is 1. The lowest BCUT2D eigenvalue weighted by molar-refractivity contribution is 0.102. The van der Waals surface area contributed by atoms with E-state index in [0.29, 0.717) is 33.3 Å². The summed E-state index contributed by atoms with van der Waals surface area (Å²) in [6.45, 7) is 0. The third-order valence-corrected chi connectivity index (χ3v) is 8.33. The molecule has 0 radical (unpaired) electrons. The third-order valence-electron chi connectivity index (χ3n) is 5.67. The zero-order valence-corrected chi connectivity index (χ0v) is 21.9. The van der Waals surface area contributed by atoms with Crippen molar-refractivity contribution in [3.05, 3.63) is 83.5 Å². The smallest absolute Gasteiger partial charge is 0.278 e. The van der Waals surface area contributed by atoms with Crippen molar-refractivity contribution in [3.8, 4) is 16.9 Å². The fourth-order valence-corrected chi connectivity index (χ4v) is 6.23. The number of halogens is 1. The van der Waals surface area contributed by atoms with Crippen LogP contribution < -0.4 is 14.3 Å². The van der Waals surface area contributed by atoms with Crippen LogP contribution in [0.2, 0.25) is 5.02 Å². The number of hydrogen-bond acceptors (Lipinski definition) is 6. The summed E-state index contributed by atoms with van der Waals surface area (Å²) in [5.41, 5.74) is 2.05. The lowest BCUT2D eigenvalue weighted by Crippen LogP contribution is -2.32. The number of benzene rings is 3. The molecular formula is C24H20ClN5O5S2. The van der Waals surface area contributed by atoms with Crippen LogP contribution in [0.15, 0.2) is 77.7 Å². The van der Waals surface area contributed by atoms with E-state index in [9.17, 15) is 21.6 Å². The van der Waals surface area contributed by atoms with Crippen LogP contribution in [-0.4, -0.2) is 45.8 Å². The van der Waals surface area contributed by atoms with Gasteiger partial charge in [-0.25, -0.2) is 21.5 Å². The van der Waals surface area contributed by atoms with Gasteiger partial charge in [0.15, 0.2) is 5.69 Å². The number of nitrogens with one attached hydrogen (secondary N) is 2. The minimum Gasteiger partial charge on any atom is -0.321 e. The molecule has 5 rings (SSSR count). The molecule has 0 saturated heterocycles. The Morgan fingerprint density at radius 1 is 0.973 bits per heavy atom. The lowest BCUT2D eigenvalue weighted by Gasteiger charge is -2.27. The number of rotatable bonds is 5. The second kappa shape index (κ2) is 8.91. The summed E-state index contributed by atoms with van der Waals surface area (Å²) in [4.78, 5) is 13.5. The first-order valence-corrected chi connectivity index (χ1v) is 14.5. The molecule has 1 amide bonds. The highest BCUT2D eigenvalue weighted by atomic mass is 35.5. The maximum atomic E-state index is 13.4. The molecule has 190 valence electrons. The van der Waals surface area contributed by atoms with Crippen molar-refractivity contribution >= 4 is 54.6 Å². The zero-order chi connectivity index (χ0) is 26.5. The van der Waals surface area contributed by atoms with Crippen molar-refractivity contribution in [3.63, 3.8) is 0 Å². The van der Waals surface area contributed by atoms with Gasteiger partial charge in [-0.1, -0.05) is 35.9 Å². The first-order valence-electron chi connectivity index (χ1n) is 10.8. The van der Waals surface area contributed by atoms with Crippen LogP contribution in [0, 0.1) is 0 Å². The van der Waals surface area contributed by atoms with Gasteiger partial charge in [0, 0.05) is 29.0 Å². The van der Waals surface area contributed by atoms with E-state index < -0.39 is 26.0 Å². The number of sulfonamides is 2. The average molecular weight is 558 g/mol. The van der Waals surface area contributed by atoms with Gasteiger partial charge in [-0.05, 0) is 48.5 Å². The maximum absolute atomic E-state index is 13.4. The van der Waals surface area contributed by atoms with E-state index in [1.54, 1.807) is 42.5 Å². The van der Waals surface area contributed by atoms with E-state index in [0.717, 1.165) is 10.6 Å². The number of aromatic nitrogens is 2. The molecule has 0 atom stereocenters. The van der Waals surface area contributed by atoms with Crippen molar-refractivity contribution in [1.82, 2.24) is 9.78 Å². The summed E-state index contributed by atoms with van der Waals surface area (Å²) in [6, 6.07) is 19.4. The third kappa shape index (κ3) is 4.54. The maximum Gasteiger partial charge on any atom is 0.278 e. The standard InChI is InChI=1S/C24H20ClN5O5S2/c1-29-23-21(24(31)26-16-10-12-17(13-11-16)28-36(2,32)33)27-30(18-7-5-6-15(25)14-18)22(23)19-8-3-4-9-20(19)37(29,34)35/h3-14,28H,1-2H3,(H,26,31). The number of carbonyl (C=O) groups is 1. The van der Waals surface area contributed by atoms with Crippen molar-refractivity contribution in [1.29, 1.82) is 0 Å². The topological polar surface area (TPSA) is 130 Å². The largest absolute Gasteiger partial charge is 0.321 e. The quantitative estimate of drug-likeness (QED) is 0.382. The van der Waals surface area contributed by atoms with Crippen LogP contribution in [0.3, 0.4) is 0 Å². The minimum atomic E-state index is -3.95. The molecule has 1 aliphatic heterocycles. The highest BCUT2D eigenvalue weighted by Crippen LogP contribution is 2.45. The van der Waals surface area contributed by atoms with Gasteiger partial charge in [-0.2, -0.15) is 5.10 Å². The monoisotopic (exact) mass is 557 g/mol. The van der Waals surface area contributed by atoms with Gasteiger partial charge in [-0.3, -0.25) is 13.8 Å². The molecule has 2 heterocycles. The molecule has 0 saturated carbocycles. The zero-order valence-electron chi connectivity index (χ0n) is 19.5. The summed E-state index contributed by atoms with van der Waals surface area (Å²) in [6.07, 6.45) is 1.03. The molecule has 0 aliphatic carbocycles. The Morgan fingerprint density at radius 2 is 1.65 bits per heavy atom. The molecule has 0 unspecified atom stereocenters. The van der Waals surface area contributed by atoms with Gasteiger partial charge in [0.2, 0.25) is 10.0 Å². The van der Waals surface area contributed by atoms with Crippen molar-refractivity contribution in [2.24, 2.45) is 0 Å². The normalized spacial score (nSPS) is 14.0. The highest BCUT2D eigenvalue weighted by molar-refractivity contribution is 7.93. The lowest BCUT2D eigenvalue weighted by atomic mass is 10.1. The molecule has 0 bridgehead atoms. The first kappa shape index (κ1) is 24.8. The Balaban J connectivity index is 1.64. The molecule has 0 fully saturated rings. The molecule has 1 aliphatic rings. The first-order chi connectivity index (χ1) is 17.5. The van der Waals surface area contributed by atoms with Crippen LogP contribution in [0.4, 0.5) is 17.1 Å². The molecule has 13 heteroatoms. The van der Waals surface area contributed by atoms with Gasteiger partial charge in [0.25, 0.3) is 15.9 Å². The fourth-order valence-electron chi connectivity index (χ4n) is 4.08. The van der Waals surface area contributed by atoms with E-state index >= 15 is 0 Å². The molecular weight excluding hydrogens is 538 g/mol. The number of nitrogens with zero attached hydrogens (tertiary/aromatic N) is 3. The fraction of sp³-hybridized carbons (Fsp3) is 0.0833. The summed E-state index contributed by atoms with van der Waals surface area (Å²) < 4.78 is 54.4.